The third kappa shape index (κ3) is 5.49. The average molecular weight is 370 g/mol. The van der Waals surface area contributed by atoms with Crippen molar-refractivity contribution in [2.24, 2.45) is 5.73 Å². The van der Waals surface area contributed by atoms with Crippen LogP contribution < -0.4 is 21.3 Å². The van der Waals surface area contributed by atoms with Crippen LogP contribution in [0.15, 0.2) is 29.8 Å². The van der Waals surface area contributed by atoms with E-state index >= 15 is 0 Å². The molecule has 0 atom stereocenters. The minimum absolute atomic E-state index is 0.244. The van der Waals surface area contributed by atoms with Crippen molar-refractivity contribution < 1.29 is 9.59 Å². The van der Waals surface area contributed by atoms with Gasteiger partial charge in [0.25, 0.3) is 0 Å². The first-order valence-corrected chi connectivity index (χ1v) is 10.0. The van der Waals surface area contributed by atoms with Crippen LogP contribution in [0.3, 0.4) is 0 Å². The second kappa shape index (κ2) is 9.44. The summed E-state index contributed by atoms with van der Waals surface area (Å²) < 4.78 is 0. The third-order valence-electron chi connectivity index (χ3n) is 5.34. The lowest BCUT2D eigenvalue weighted by Gasteiger charge is -2.30. The lowest BCUT2D eigenvalue weighted by atomic mass is 9.97. The Morgan fingerprint density at radius 3 is 2.59 bits per heavy atom. The number of piperidine rings is 1. The Labute approximate surface area is 161 Å². The zero-order valence-electron chi connectivity index (χ0n) is 15.9. The number of benzene rings is 1. The standard InChI is InChI=1S/C21H30N4O2/c22-20(26)17-9-10-19(25-13-5-2-6-14-25)18(15-17)24-21(27)23-12-11-16-7-3-1-4-8-16/h7,9-10,15H,1-6,8,11-14H2,(H2,22,26)(H2,23,24,27). The van der Waals surface area contributed by atoms with E-state index < -0.39 is 5.91 Å². The molecule has 4 N–H and O–H groups in total. The molecule has 1 aromatic rings. The molecule has 0 bridgehead atoms. The molecule has 3 amide bonds. The minimum atomic E-state index is -0.493. The summed E-state index contributed by atoms with van der Waals surface area (Å²) in [4.78, 5) is 26.2. The van der Waals surface area contributed by atoms with Crippen molar-refractivity contribution in [3.05, 3.63) is 35.4 Å². The van der Waals surface area contributed by atoms with E-state index in [1.54, 1.807) is 12.1 Å². The first-order valence-electron chi connectivity index (χ1n) is 10.0. The molecule has 1 aliphatic heterocycles. The summed E-state index contributed by atoms with van der Waals surface area (Å²) >= 11 is 0. The minimum Gasteiger partial charge on any atom is -0.370 e. The molecular formula is C21H30N4O2. The number of allylic oxidation sites excluding steroid dienone is 1. The Bertz CT molecular complexity index is 708. The summed E-state index contributed by atoms with van der Waals surface area (Å²) in [5.41, 5.74) is 8.85. The van der Waals surface area contributed by atoms with E-state index in [2.05, 4.69) is 21.6 Å². The largest absolute Gasteiger partial charge is 0.370 e. The van der Waals surface area contributed by atoms with Gasteiger partial charge in [-0.05, 0) is 69.6 Å². The summed E-state index contributed by atoms with van der Waals surface area (Å²) in [6.07, 6.45) is 11.5. The van der Waals surface area contributed by atoms with Crippen LogP contribution in [0.4, 0.5) is 16.2 Å². The topological polar surface area (TPSA) is 87.5 Å². The van der Waals surface area contributed by atoms with Gasteiger partial charge in [-0.25, -0.2) is 4.79 Å². The number of rotatable bonds is 6. The Hall–Kier alpha value is -2.50. The molecule has 6 nitrogen and oxygen atoms in total. The molecule has 1 aliphatic carbocycles. The van der Waals surface area contributed by atoms with Crippen molar-refractivity contribution >= 4 is 23.3 Å². The molecular weight excluding hydrogens is 340 g/mol. The summed E-state index contributed by atoms with van der Waals surface area (Å²) in [6.45, 7) is 2.53. The Kier molecular flexibility index (Phi) is 6.74. The Balaban J connectivity index is 1.63. The van der Waals surface area contributed by atoms with Gasteiger partial charge >= 0.3 is 6.03 Å². The predicted molar refractivity (Wildman–Crippen MR) is 109 cm³/mol. The molecule has 6 heteroatoms. The first kappa shape index (κ1) is 19.3. The lowest BCUT2D eigenvalue weighted by Crippen LogP contribution is -2.33. The number of hydrogen-bond donors (Lipinski definition) is 3. The van der Waals surface area contributed by atoms with Crippen molar-refractivity contribution in [2.75, 3.05) is 29.9 Å². The molecule has 1 fully saturated rings. The molecule has 2 aliphatic rings. The number of primary amides is 1. The summed E-state index contributed by atoms with van der Waals surface area (Å²) in [7, 11) is 0. The van der Waals surface area contributed by atoms with E-state index in [0.29, 0.717) is 17.8 Å². The van der Waals surface area contributed by atoms with Gasteiger partial charge in [0.1, 0.15) is 0 Å². The number of anilines is 2. The average Bonchev–Trinajstić information content (AvgIpc) is 2.69. The number of nitrogens with one attached hydrogen (secondary N) is 2. The van der Waals surface area contributed by atoms with Crippen LogP contribution in [-0.4, -0.2) is 31.6 Å². The smallest absolute Gasteiger partial charge is 0.319 e. The van der Waals surface area contributed by atoms with Crippen molar-refractivity contribution in [3.8, 4) is 0 Å². The van der Waals surface area contributed by atoms with Crippen molar-refractivity contribution in [1.29, 1.82) is 0 Å². The molecule has 146 valence electrons. The van der Waals surface area contributed by atoms with E-state index in [1.807, 2.05) is 6.07 Å². The molecule has 0 spiro atoms. The normalized spacial score (nSPS) is 17.2. The van der Waals surface area contributed by atoms with Gasteiger partial charge in [0.05, 0.1) is 11.4 Å². The van der Waals surface area contributed by atoms with Gasteiger partial charge in [-0.2, -0.15) is 0 Å². The molecule has 0 unspecified atom stereocenters. The van der Waals surface area contributed by atoms with Crippen molar-refractivity contribution in [3.63, 3.8) is 0 Å². The number of nitrogens with zero attached hydrogens (tertiary/aromatic N) is 1. The van der Waals surface area contributed by atoms with Gasteiger partial charge in [0, 0.05) is 25.2 Å². The number of hydrogen-bond acceptors (Lipinski definition) is 3. The second-order valence-corrected chi connectivity index (χ2v) is 7.38. The van der Waals surface area contributed by atoms with Gasteiger partial charge < -0.3 is 21.3 Å². The van der Waals surface area contributed by atoms with Crippen LogP contribution in [0.2, 0.25) is 0 Å². The van der Waals surface area contributed by atoms with Gasteiger partial charge in [0.15, 0.2) is 0 Å². The summed E-state index contributed by atoms with van der Waals surface area (Å²) in [6, 6.07) is 5.04. The molecule has 0 aromatic heterocycles. The lowest BCUT2D eigenvalue weighted by molar-refractivity contribution is 0.100. The monoisotopic (exact) mass is 370 g/mol. The molecule has 1 saturated heterocycles. The summed E-state index contributed by atoms with van der Waals surface area (Å²) in [5.74, 6) is -0.493. The fourth-order valence-electron chi connectivity index (χ4n) is 3.83. The first-order chi connectivity index (χ1) is 13.1. The van der Waals surface area contributed by atoms with Crippen LogP contribution >= 0.6 is 0 Å². The zero-order chi connectivity index (χ0) is 19.1. The molecule has 1 heterocycles. The van der Waals surface area contributed by atoms with Crippen LogP contribution in [0, 0.1) is 0 Å². The molecule has 1 aromatic carbocycles. The van der Waals surface area contributed by atoms with Gasteiger partial charge in [0.2, 0.25) is 5.91 Å². The van der Waals surface area contributed by atoms with E-state index in [0.717, 1.165) is 50.9 Å². The molecule has 3 rings (SSSR count). The highest BCUT2D eigenvalue weighted by Crippen LogP contribution is 2.29. The molecule has 0 saturated carbocycles. The van der Waals surface area contributed by atoms with Crippen molar-refractivity contribution in [1.82, 2.24) is 5.32 Å². The Morgan fingerprint density at radius 2 is 1.89 bits per heavy atom. The van der Waals surface area contributed by atoms with Gasteiger partial charge in [-0.3, -0.25) is 4.79 Å². The molecule has 27 heavy (non-hydrogen) atoms. The maximum atomic E-state index is 12.4. The van der Waals surface area contributed by atoms with Crippen molar-refractivity contribution in [2.45, 2.75) is 51.4 Å². The maximum absolute atomic E-state index is 12.4. The highest BCUT2D eigenvalue weighted by atomic mass is 16.2. The van der Waals surface area contributed by atoms with Crippen LogP contribution in [0.5, 0.6) is 0 Å². The zero-order valence-corrected chi connectivity index (χ0v) is 15.9. The van der Waals surface area contributed by atoms with E-state index in [4.69, 9.17) is 5.73 Å². The van der Waals surface area contributed by atoms with Crippen LogP contribution in [-0.2, 0) is 0 Å². The number of urea groups is 1. The van der Waals surface area contributed by atoms with Gasteiger partial charge in [-0.15, -0.1) is 0 Å². The number of carbonyl (C=O) groups is 2. The van der Waals surface area contributed by atoms with Crippen LogP contribution in [0.25, 0.3) is 0 Å². The quantitative estimate of drug-likeness (QED) is 0.666. The van der Waals surface area contributed by atoms with E-state index in [1.165, 1.54) is 24.8 Å². The highest BCUT2D eigenvalue weighted by Gasteiger charge is 2.17. The Morgan fingerprint density at radius 1 is 1.07 bits per heavy atom. The van der Waals surface area contributed by atoms with Crippen LogP contribution in [0.1, 0.15) is 61.7 Å². The maximum Gasteiger partial charge on any atom is 0.319 e. The van der Waals surface area contributed by atoms with E-state index in [9.17, 15) is 9.59 Å². The van der Waals surface area contributed by atoms with E-state index in [-0.39, 0.29) is 6.03 Å². The number of amides is 3. The fourth-order valence-corrected chi connectivity index (χ4v) is 3.83. The predicted octanol–water partition coefficient (Wildman–Crippen LogP) is 3.79. The number of nitrogens with two attached hydrogens (primary N) is 1. The number of carbonyl (C=O) groups excluding carboxylic acids is 2. The van der Waals surface area contributed by atoms with Gasteiger partial charge in [-0.1, -0.05) is 11.6 Å². The summed E-state index contributed by atoms with van der Waals surface area (Å²) in [5, 5.41) is 5.85. The molecule has 0 radical (unpaired) electrons. The fraction of sp³-hybridized carbons (Fsp3) is 0.524. The second-order valence-electron chi connectivity index (χ2n) is 7.38. The SMILES string of the molecule is NC(=O)c1ccc(N2CCCCC2)c(NC(=O)NCCC2=CCCCC2)c1. The highest BCUT2D eigenvalue weighted by molar-refractivity contribution is 5.98. The third-order valence-corrected chi connectivity index (χ3v) is 5.34.